The van der Waals surface area contributed by atoms with E-state index in [1.807, 2.05) is 120 Å². The number of hydrogen-bond donors (Lipinski definition) is 0. The molecule has 0 unspecified atom stereocenters. The van der Waals surface area contributed by atoms with Gasteiger partial charge in [0, 0.05) is 27.1 Å². The van der Waals surface area contributed by atoms with Crippen LogP contribution >= 0.6 is 0 Å². The normalized spacial score (nSPS) is 11.5. The second-order valence-electron chi connectivity index (χ2n) is 14.6. The summed E-state index contributed by atoms with van der Waals surface area (Å²) in [4.78, 5) is 3.51. The summed E-state index contributed by atoms with van der Waals surface area (Å²) in [5.74, 6) is 0. The van der Waals surface area contributed by atoms with Crippen molar-refractivity contribution in [3.63, 3.8) is 0 Å². The molecule has 0 aliphatic carbocycles. The first-order chi connectivity index (χ1) is 29.2. The van der Waals surface area contributed by atoms with Crippen LogP contribution in [0.4, 0.5) is 18.9 Å². The first kappa shape index (κ1) is 36.0. The first-order valence-electron chi connectivity index (χ1n) is 19.1. The van der Waals surface area contributed by atoms with Gasteiger partial charge in [-0.15, -0.1) is 0 Å². The monoisotopic (exact) mass is 779 g/mol. The van der Waals surface area contributed by atoms with E-state index in [1.165, 1.54) is 6.07 Å². The van der Waals surface area contributed by atoms with Gasteiger partial charge in [-0.1, -0.05) is 97.1 Å². The Morgan fingerprint density at radius 2 is 0.967 bits per heavy atom. The van der Waals surface area contributed by atoms with Crippen molar-refractivity contribution in [1.82, 2.24) is 9.13 Å². The Hall–Kier alpha value is -8.38. The van der Waals surface area contributed by atoms with Crippen molar-refractivity contribution in [1.29, 1.82) is 10.5 Å². The lowest BCUT2D eigenvalue weighted by atomic mass is 9.97. The molecular formula is C52H28F3N5. The minimum absolute atomic E-state index is 0.0492. The fourth-order valence-corrected chi connectivity index (χ4v) is 8.45. The molecule has 0 aliphatic heterocycles. The van der Waals surface area contributed by atoms with Gasteiger partial charge < -0.3 is 9.13 Å². The van der Waals surface area contributed by atoms with Crippen LogP contribution < -0.4 is 0 Å². The van der Waals surface area contributed by atoms with E-state index >= 15 is 13.2 Å². The number of fused-ring (bicyclic) bond motifs is 6. The molecule has 0 atom stereocenters. The number of hydrogen-bond acceptors (Lipinski definition) is 2. The number of aromatic nitrogens is 2. The summed E-state index contributed by atoms with van der Waals surface area (Å²) in [6, 6.07) is 55.5. The van der Waals surface area contributed by atoms with Gasteiger partial charge in [-0.05, 0) is 101 Å². The zero-order valence-corrected chi connectivity index (χ0v) is 31.5. The van der Waals surface area contributed by atoms with Crippen LogP contribution in [-0.2, 0) is 6.18 Å². The van der Waals surface area contributed by atoms with Crippen LogP contribution in [0.25, 0.3) is 93.2 Å². The Bertz CT molecular complexity index is 3500. The fourth-order valence-electron chi connectivity index (χ4n) is 8.45. The minimum atomic E-state index is -4.78. The van der Waals surface area contributed by atoms with Crippen LogP contribution in [0.1, 0.15) is 16.7 Å². The molecule has 2 aromatic heterocycles. The lowest BCUT2D eigenvalue weighted by Gasteiger charge is -2.22. The van der Waals surface area contributed by atoms with E-state index < -0.39 is 11.7 Å². The van der Waals surface area contributed by atoms with Gasteiger partial charge in [0.1, 0.15) is 0 Å². The summed E-state index contributed by atoms with van der Waals surface area (Å²) < 4.78 is 51.2. The fraction of sp³-hybridized carbons (Fsp3) is 0.0192. The Balaban J connectivity index is 1.27. The SMILES string of the molecule is [C-]#[N+]c1ccc(-c2ccc3c(c2)c2ccccc2n3-c2cc(C(F)(F)F)c(-n3c4ccccc4c4cc(-c5ccc(C#N)cc5)ccc43)cc2-c2cccc(C#N)c2)cc1. The number of nitrogens with zero attached hydrogens (tertiary/aromatic N) is 5. The van der Waals surface area contributed by atoms with Gasteiger partial charge in [-0.2, -0.15) is 23.7 Å². The maximum Gasteiger partial charge on any atom is 0.418 e. The highest BCUT2D eigenvalue weighted by Gasteiger charge is 2.37. The van der Waals surface area contributed by atoms with Crippen LogP contribution in [0, 0.1) is 29.2 Å². The Morgan fingerprint density at radius 3 is 1.52 bits per heavy atom. The zero-order chi connectivity index (χ0) is 41.1. The lowest BCUT2D eigenvalue weighted by Crippen LogP contribution is -2.13. The largest absolute Gasteiger partial charge is 0.418 e. The molecule has 10 rings (SSSR count). The molecule has 0 N–H and O–H groups in total. The van der Waals surface area contributed by atoms with Gasteiger partial charge in [0.2, 0.25) is 0 Å². The second kappa shape index (κ2) is 13.9. The molecule has 0 fully saturated rings. The Labute approximate surface area is 342 Å². The predicted molar refractivity (Wildman–Crippen MR) is 232 cm³/mol. The summed E-state index contributed by atoms with van der Waals surface area (Å²) in [5, 5.41) is 22.6. The van der Waals surface area contributed by atoms with Crippen molar-refractivity contribution in [2.45, 2.75) is 6.18 Å². The van der Waals surface area contributed by atoms with E-state index in [-0.39, 0.29) is 5.69 Å². The molecule has 0 amide bonds. The first-order valence-corrected chi connectivity index (χ1v) is 19.1. The molecule has 2 heterocycles. The highest BCUT2D eigenvalue weighted by molar-refractivity contribution is 6.12. The van der Waals surface area contributed by atoms with E-state index in [0.717, 1.165) is 49.3 Å². The van der Waals surface area contributed by atoms with Gasteiger partial charge in [0.05, 0.1) is 68.8 Å². The molecular weight excluding hydrogens is 752 g/mol. The lowest BCUT2D eigenvalue weighted by molar-refractivity contribution is -0.137. The third-order valence-corrected chi connectivity index (χ3v) is 11.2. The van der Waals surface area contributed by atoms with Crippen LogP contribution in [0.3, 0.4) is 0 Å². The standard InChI is InChI=1S/C52H28F3N5/c1-58-39-21-17-35(18-22-39)37-19-23-48-43(27-37)40-9-2-4-11-46(40)59(48)50-29-45(52(53,54)55)51(28-42(50)38-8-6-7-33(25-38)31-57)60-47-12-5-3-10-41(47)44-26-36(20-24-49(44)60)34-15-13-32(30-56)14-16-34/h2-29H. The van der Waals surface area contributed by atoms with Gasteiger partial charge in [0.25, 0.3) is 0 Å². The molecule has 0 radical (unpaired) electrons. The van der Waals surface area contributed by atoms with Gasteiger partial charge in [-0.3, -0.25) is 0 Å². The molecule has 282 valence electrons. The number of halogens is 3. The molecule has 8 heteroatoms. The molecule has 5 nitrogen and oxygen atoms in total. The van der Waals surface area contributed by atoms with Crippen LogP contribution in [0.2, 0.25) is 0 Å². The summed E-state index contributed by atoms with van der Waals surface area (Å²) in [5.41, 5.74) is 8.17. The number of rotatable bonds is 5. The average molecular weight is 780 g/mol. The predicted octanol–water partition coefficient (Wildman–Crippen LogP) is 14.2. The average Bonchev–Trinajstić information content (AvgIpc) is 3.80. The number of nitriles is 2. The molecule has 8 aromatic carbocycles. The highest BCUT2D eigenvalue weighted by Crippen LogP contribution is 2.46. The van der Waals surface area contributed by atoms with Crippen molar-refractivity contribution < 1.29 is 13.2 Å². The second-order valence-corrected chi connectivity index (χ2v) is 14.6. The minimum Gasteiger partial charge on any atom is -0.309 e. The van der Waals surface area contributed by atoms with E-state index in [9.17, 15) is 10.5 Å². The molecule has 10 aromatic rings. The summed E-state index contributed by atoms with van der Waals surface area (Å²) in [6.07, 6.45) is -4.78. The zero-order valence-electron chi connectivity index (χ0n) is 31.5. The maximum atomic E-state index is 15.9. The molecule has 0 saturated carbocycles. The third-order valence-electron chi connectivity index (χ3n) is 11.2. The van der Waals surface area contributed by atoms with Gasteiger partial charge in [0.15, 0.2) is 5.69 Å². The smallest absolute Gasteiger partial charge is 0.309 e. The van der Waals surface area contributed by atoms with Gasteiger partial charge in [-0.25, -0.2) is 4.85 Å². The van der Waals surface area contributed by atoms with E-state index in [1.54, 1.807) is 53.1 Å². The van der Waals surface area contributed by atoms with Crippen LogP contribution in [0.5, 0.6) is 0 Å². The van der Waals surface area contributed by atoms with E-state index in [2.05, 4.69) is 17.0 Å². The van der Waals surface area contributed by atoms with Crippen molar-refractivity contribution in [2.24, 2.45) is 0 Å². The van der Waals surface area contributed by atoms with Crippen LogP contribution in [-0.4, -0.2) is 9.13 Å². The van der Waals surface area contributed by atoms with E-state index in [0.29, 0.717) is 50.2 Å². The van der Waals surface area contributed by atoms with Crippen molar-refractivity contribution in [3.8, 4) is 56.9 Å². The van der Waals surface area contributed by atoms with Crippen molar-refractivity contribution in [3.05, 3.63) is 198 Å². The molecule has 0 bridgehead atoms. The molecule has 0 saturated heterocycles. The summed E-state index contributed by atoms with van der Waals surface area (Å²) >= 11 is 0. The Kier molecular flexibility index (Phi) is 8.35. The quantitative estimate of drug-likeness (QED) is 0.163. The maximum absolute atomic E-state index is 15.9. The van der Waals surface area contributed by atoms with E-state index in [4.69, 9.17) is 6.57 Å². The Morgan fingerprint density at radius 1 is 0.450 bits per heavy atom. The third kappa shape index (κ3) is 5.85. The van der Waals surface area contributed by atoms with Crippen molar-refractivity contribution >= 4 is 49.3 Å². The molecule has 60 heavy (non-hydrogen) atoms. The van der Waals surface area contributed by atoms with Gasteiger partial charge >= 0.3 is 6.18 Å². The molecule has 0 aliphatic rings. The summed E-state index contributed by atoms with van der Waals surface area (Å²) in [7, 11) is 0. The van der Waals surface area contributed by atoms with Crippen molar-refractivity contribution in [2.75, 3.05) is 0 Å². The number of alkyl halides is 3. The molecule has 0 spiro atoms. The highest BCUT2D eigenvalue weighted by atomic mass is 19.4. The summed E-state index contributed by atoms with van der Waals surface area (Å²) in [6.45, 7) is 7.36. The number of benzene rings is 8. The topological polar surface area (TPSA) is 61.8 Å². The van der Waals surface area contributed by atoms with Crippen LogP contribution in [0.15, 0.2) is 170 Å². The number of para-hydroxylation sites is 2.